The van der Waals surface area contributed by atoms with E-state index in [4.69, 9.17) is 0 Å². The highest BCUT2D eigenvalue weighted by atomic mass is 16.2. The van der Waals surface area contributed by atoms with Crippen molar-refractivity contribution in [2.75, 3.05) is 42.9 Å². The van der Waals surface area contributed by atoms with Gasteiger partial charge >= 0.3 is 0 Å². The lowest BCUT2D eigenvalue weighted by atomic mass is 9.84. The Morgan fingerprint density at radius 2 is 1.51 bits per heavy atom. The standard InChI is InChI=1S/C32H36N4O3/c1-24-10-12-27(13-11-24)31(38)35-20-18-34(19-21-35)29-16-14-28(15-17-29)33-30(37)23-36(32(39)26-8-5-9-26)22-25-6-3-2-4-7-25/h2-4,6-7,10-17,26H,5,8-9,18-23H2,1H3,(H,33,37). The molecule has 0 aromatic heterocycles. The second kappa shape index (κ2) is 12.2. The summed E-state index contributed by atoms with van der Waals surface area (Å²) in [5.41, 5.74) is 4.64. The van der Waals surface area contributed by atoms with Gasteiger partial charge in [-0.3, -0.25) is 14.4 Å². The van der Waals surface area contributed by atoms with Crippen molar-refractivity contribution in [1.82, 2.24) is 9.80 Å². The molecule has 7 heteroatoms. The Morgan fingerprint density at radius 1 is 0.846 bits per heavy atom. The van der Waals surface area contributed by atoms with Crippen molar-refractivity contribution in [2.24, 2.45) is 5.92 Å². The lowest BCUT2D eigenvalue weighted by molar-refractivity contribution is -0.141. The molecule has 0 radical (unpaired) electrons. The summed E-state index contributed by atoms with van der Waals surface area (Å²) in [4.78, 5) is 44.6. The number of benzene rings is 3. The van der Waals surface area contributed by atoms with Gasteiger partial charge < -0.3 is 20.0 Å². The van der Waals surface area contributed by atoms with Crippen LogP contribution < -0.4 is 10.2 Å². The number of nitrogens with zero attached hydrogens (tertiary/aromatic N) is 3. The highest BCUT2D eigenvalue weighted by molar-refractivity contribution is 5.95. The summed E-state index contributed by atoms with van der Waals surface area (Å²) in [6, 6.07) is 25.3. The van der Waals surface area contributed by atoms with Crippen LogP contribution in [-0.2, 0) is 16.1 Å². The lowest BCUT2D eigenvalue weighted by Gasteiger charge is -2.36. The summed E-state index contributed by atoms with van der Waals surface area (Å²) in [6.45, 7) is 5.31. The van der Waals surface area contributed by atoms with Crippen LogP contribution in [0, 0.1) is 12.8 Å². The first-order valence-corrected chi connectivity index (χ1v) is 13.8. The summed E-state index contributed by atoms with van der Waals surface area (Å²) in [7, 11) is 0. The number of nitrogens with one attached hydrogen (secondary N) is 1. The third-order valence-electron chi connectivity index (χ3n) is 7.70. The molecule has 7 nitrogen and oxygen atoms in total. The van der Waals surface area contributed by atoms with Gasteiger partial charge in [-0.2, -0.15) is 0 Å². The van der Waals surface area contributed by atoms with Gasteiger partial charge in [0.15, 0.2) is 0 Å². The molecule has 0 bridgehead atoms. The summed E-state index contributed by atoms with van der Waals surface area (Å²) in [6.07, 6.45) is 2.88. The largest absolute Gasteiger partial charge is 0.368 e. The number of piperazine rings is 1. The Morgan fingerprint density at radius 3 is 2.13 bits per heavy atom. The molecule has 1 saturated carbocycles. The third-order valence-corrected chi connectivity index (χ3v) is 7.70. The zero-order valence-corrected chi connectivity index (χ0v) is 22.5. The zero-order chi connectivity index (χ0) is 27.2. The highest BCUT2D eigenvalue weighted by Gasteiger charge is 2.30. The maximum atomic E-state index is 13.0. The first-order chi connectivity index (χ1) is 19.0. The second-order valence-electron chi connectivity index (χ2n) is 10.5. The summed E-state index contributed by atoms with van der Waals surface area (Å²) in [5.74, 6) is -0.0246. The van der Waals surface area contributed by atoms with Gasteiger partial charge in [0.2, 0.25) is 11.8 Å². The van der Waals surface area contributed by atoms with Crippen LogP contribution in [-0.4, -0.2) is 60.2 Å². The van der Waals surface area contributed by atoms with E-state index >= 15 is 0 Å². The van der Waals surface area contributed by atoms with Crippen LogP contribution in [0.3, 0.4) is 0 Å². The van der Waals surface area contributed by atoms with Crippen LogP contribution in [0.5, 0.6) is 0 Å². The van der Waals surface area contributed by atoms with Gasteiger partial charge in [0.1, 0.15) is 6.54 Å². The van der Waals surface area contributed by atoms with Crippen molar-refractivity contribution in [1.29, 1.82) is 0 Å². The average molecular weight is 525 g/mol. The molecule has 1 aliphatic carbocycles. The first-order valence-electron chi connectivity index (χ1n) is 13.8. The maximum Gasteiger partial charge on any atom is 0.253 e. The number of carbonyl (C=O) groups is 3. The molecule has 3 amide bonds. The molecule has 39 heavy (non-hydrogen) atoms. The van der Waals surface area contributed by atoms with Crippen molar-refractivity contribution in [2.45, 2.75) is 32.7 Å². The lowest BCUT2D eigenvalue weighted by Crippen LogP contribution is -2.48. The average Bonchev–Trinajstić information content (AvgIpc) is 2.93. The molecular formula is C32H36N4O3. The van der Waals surface area contributed by atoms with Gasteiger partial charge in [-0.1, -0.05) is 54.4 Å². The Bertz CT molecular complexity index is 1280. The van der Waals surface area contributed by atoms with Crippen molar-refractivity contribution in [3.63, 3.8) is 0 Å². The minimum absolute atomic E-state index is 0.0307. The number of rotatable bonds is 8. The minimum atomic E-state index is -0.199. The van der Waals surface area contributed by atoms with E-state index in [2.05, 4.69) is 10.2 Å². The van der Waals surface area contributed by atoms with E-state index in [-0.39, 0.29) is 30.2 Å². The molecule has 2 fully saturated rings. The molecule has 0 spiro atoms. The predicted octanol–water partition coefficient (Wildman–Crippen LogP) is 4.72. The van der Waals surface area contributed by atoms with Crippen molar-refractivity contribution >= 4 is 29.1 Å². The molecule has 1 heterocycles. The van der Waals surface area contributed by atoms with E-state index in [0.29, 0.717) is 25.3 Å². The number of carbonyl (C=O) groups excluding carboxylic acids is 3. The van der Waals surface area contributed by atoms with E-state index in [1.165, 1.54) is 0 Å². The Labute approximate surface area is 230 Å². The quantitative estimate of drug-likeness (QED) is 0.463. The molecule has 3 aromatic rings. The molecular weight excluding hydrogens is 488 g/mol. The summed E-state index contributed by atoms with van der Waals surface area (Å²) < 4.78 is 0. The monoisotopic (exact) mass is 524 g/mol. The molecule has 202 valence electrons. The molecule has 0 unspecified atom stereocenters. The van der Waals surface area contributed by atoms with Crippen molar-refractivity contribution < 1.29 is 14.4 Å². The van der Waals surface area contributed by atoms with Gasteiger partial charge in [-0.15, -0.1) is 0 Å². The number of hydrogen-bond acceptors (Lipinski definition) is 4. The summed E-state index contributed by atoms with van der Waals surface area (Å²) in [5, 5.41) is 2.96. The number of anilines is 2. The number of hydrogen-bond donors (Lipinski definition) is 1. The summed E-state index contributed by atoms with van der Waals surface area (Å²) >= 11 is 0. The van der Waals surface area contributed by atoms with E-state index in [0.717, 1.165) is 54.7 Å². The molecule has 2 aliphatic rings. The Balaban J connectivity index is 1.14. The van der Waals surface area contributed by atoms with Gasteiger partial charge in [0.05, 0.1) is 0 Å². The highest BCUT2D eigenvalue weighted by Crippen LogP contribution is 2.29. The molecule has 5 rings (SSSR count). The zero-order valence-electron chi connectivity index (χ0n) is 22.5. The van der Waals surface area contributed by atoms with Crippen LogP contribution in [0.25, 0.3) is 0 Å². The van der Waals surface area contributed by atoms with E-state index in [1.54, 1.807) is 4.90 Å². The third kappa shape index (κ3) is 6.66. The van der Waals surface area contributed by atoms with Gasteiger partial charge in [0, 0.05) is 55.6 Å². The van der Waals surface area contributed by atoms with E-state index in [1.807, 2.05) is 90.7 Å². The van der Waals surface area contributed by atoms with E-state index < -0.39 is 0 Å². The molecule has 3 aromatic carbocycles. The fourth-order valence-corrected chi connectivity index (χ4v) is 5.10. The van der Waals surface area contributed by atoms with Crippen molar-refractivity contribution in [3.8, 4) is 0 Å². The number of aryl methyl sites for hydroxylation is 1. The minimum Gasteiger partial charge on any atom is -0.368 e. The van der Waals surface area contributed by atoms with Crippen LogP contribution in [0.4, 0.5) is 11.4 Å². The van der Waals surface area contributed by atoms with Crippen LogP contribution in [0.1, 0.15) is 40.7 Å². The fraction of sp³-hybridized carbons (Fsp3) is 0.344. The van der Waals surface area contributed by atoms with Crippen LogP contribution >= 0.6 is 0 Å². The van der Waals surface area contributed by atoms with E-state index in [9.17, 15) is 14.4 Å². The van der Waals surface area contributed by atoms with Crippen LogP contribution in [0.2, 0.25) is 0 Å². The van der Waals surface area contributed by atoms with Crippen LogP contribution in [0.15, 0.2) is 78.9 Å². The molecule has 1 N–H and O–H groups in total. The second-order valence-corrected chi connectivity index (χ2v) is 10.5. The fourth-order valence-electron chi connectivity index (χ4n) is 5.10. The smallest absolute Gasteiger partial charge is 0.253 e. The Hall–Kier alpha value is -4.13. The predicted molar refractivity (Wildman–Crippen MR) is 154 cm³/mol. The maximum absolute atomic E-state index is 13.0. The molecule has 0 atom stereocenters. The molecule has 1 aliphatic heterocycles. The topological polar surface area (TPSA) is 73.0 Å². The SMILES string of the molecule is Cc1ccc(C(=O)N2CCN(c3ccc(NC(=O)CN(Cc4ccccc4)C(=O)C4CCC4)cc3)CC2)cc1. The van der Waals surface area contributed by atoms with Gasteiger partial charge in [-0.05, 0) is 61.7 Å². The normalized spacial score (nSPS) is 15.4. The first kappa shape index (κ1) is 26.5. The van der Waals surface area contributed by atoms with Gasteiger partial charge in [-0.25, -0.2) is 0 Å². The van der Waals surface area contributed by atoms with Gasteiger partial charge in [0.25, 0.3) is 5.91 Å². The Kier molecular flexibility index (Phi) is 8.25. The van der Waals surface area contributed by atoms with Crippen molar-refractivity contribution in [3.05, 3.63) is 95.6 Å². The number of amides is 3. The molecule has 1 saturated heterocycles.